The van der Waals surface area contributed by atoms with Crippen molar-refractivity contribution in [1.29, 1.82) is 0 Å². The zero-order chi connectivity index (χ0) is 22.1. The zero-order valence-corrected chi connectivity index (χ0v) is 16.7. The number of nitrogens with one attached hydrogen (secondary N) is 3. The van der Waals surface area contributed by atoms with Gasteiger partial charge in [-0.1, -0.05) is 25.4 Å². The van der Waals surface area contributed by atoms with E-state index in [4.69, 9.17) is 16.3 Å². The van der Waals surface area contributed by atoms with Gasteiger partial charge in [0.1, 0.15) is 11.1 Å². The maximum atomic E-state index is 12.4. The van der Waals surface area contributed by atoms with E-state index in [2.05, 4.69) is 10.6 Å². The van der Waals surface area contributed by atoms with Crippen LogP contribution in [-0.4, -0.2) is 47.9 Å². The van der Waals surface area contributed by atoms with Crippen molar-refractivity contribution in [3.8, 4) is 0 Å². The van der Waals surface area contributed by atoms with Crippen LogP contribution in [0.1, 0.15) is 31.1 Å². The number of benzene rings is 1. The van der Waals surface area contributed by atoms with E-state index in [9.17, 15) is 29.3 Å². The molecule has 1 rings (SSSR count). The second-order valence-corrected chi connectivity index (χ2v) is 6.54. The Morgan fingerprint density at radius 1 is 1.24 bits per heavy atom. The highest BCUT2D eigenvalue weighted by atomic mass is 35.5. The van der Waals surface area contributed by atoms with Gasteiger partial charge in [-0.2, -0.15) is 0 Å². The smallest absolute Gasteiger partial charge is 0.329 e. The van der Waals surface area contributed by atoms with Crippen LogP contribution in [0.3, 0.4) is 0 Å². The SMILES string of the molecule is CCNC(=O)NC(=O)COC(=O)C(NC(=O)c1ccc(Cl)c([N+](=O)[O-])c1)C(C)C. The third-order valence-electron chi connectivity index (χ3n) is 3.55. The molecule has 0 radical (unpaired) electrons. The van der Waals surface area contributed by atoms with Crippen LogP contribution in [-0.2, 0) is 14.3 Å². The van der Waals surface area contributed by atoms with Gasteiger partial charge in [-0.3, -0.25) is 25.0 Å². The van der Waals surface area contributed by atoms with Crippen LogP contribution in [0.25, 0.3) is 0 Å². The molecule has 0 saturated carbocycles. The van der Waals surface area contributed by atoms with Crippen molar-refractivity contribution in [1.82, 2.24) is 16.0 Å². The molecule has 1 atom stereocenters. The van der Waals surface area contributed by atoms with E-state index in [1.807, 2.05) is 5.32 Å². The number of nitrogens with zero attached hydrogens (tertiary/aromatic N) is 1. The molecule has 0 saturated heterocycles. The Kier molecular flexibility index (Phi) is 9.00. The first kappa shape index (κ1) is 23.8. The summed E-state index contributed by atoms with van der Waals surface area (Å²) < 4.78 is 4.85. The van der Waals surface area contributed by atoms with Crippen LogP contribution in [0, 0.1) is 16.0 Å². The molecule has 0 spiro atoms. The molecule has 0 fully saturated rings. The van der Waals surface area contributed by atoms with E-state index < -0.39 is 53.0 Å². The fraction of sp³-hybridized carbons (Fsp3) is 0.412. The minimum atomic E-state index is -1.13. The molecule has 1 aromatic rings. The van der Waals surface area contributed by atoms with Crippen LogP contribution < -0.4 is 16.0 Å². The minimum absolute atomic E-state index is 0.0754. The number of nitro benzene ring substituents is 1. The van der Waals surface area contributed by atoms with E-state index in [-0.39, 0.29) is 10.6 Å². The molecule has 1 aromatic carbocycles. The van der Waals surface area contributed by atoms with Crippen molar-refractivity contribution in [3.05, 3.63) is 38.9 Å². The lowest BCUT2D eigenvalue weighted by atomic mass is 10.0. The Balaban J connectivity index is 2.77. The van der Waals surface area contributed by atoms with Crippen LogP contribution in [0.2, 0.25) is 5.02 Å². The van der Waals surface area contributed by atoms with Gasteiger partial charge < -0.3 is 15.4 Å². The number of halogens is 1. The first-order chi connectivity index (χ1) is 13.6. The predicted molar refractivity (Wildman–Crippen MR) is 102 cm³/mol. The summed E-state index contributed by atoms with van der Waals surface area (Å²) in [5, 5.41) is 17.5. The molecule has 0 bridgehead atoms. The van der Waals surface area contributed by atoms with E-state index in [0.29, 0.717) is 6.54 Å². The average Bonchev–Trinajstić information content (AvgIpc) is 2.63. The van der Waals surface area contributed by atoms with Crippen LogP contribution in [0.5, 0.6) is 0 Å². The number of esters is 1. The van der Waals surface area contributed by atoms with Gasteiger partial charge >= 0.3 is 12.0 Å². The van der Waals surface area contributed by atoms with Gasteiger partial charge in [-0.15, -0.1) is 0 Å². The van der Waals surface area contributed by atoms with Crippen LogP contribution >= 0.6 is 11.6 Å². The van der Waals surface area contributed by atoms with Gasteiger partial charge in [0.2, 0.25) is 0 Å². The van der Waals surface area contributed by atoms with E-state index >= 15 is 0 Å². The summed E-state index contributed by atoms with van der Waals surface area (Å²) in [4.78, 5) is 57.7. The van der Waals surface area contributed by atoms with Gasteiger partial charge in [0, 0.05) is 18.2 Å². The van der Waals surface area contributed by atoms with E-state index in [1.165, 1.54) is 12.1 Å². The third-order valence-corrected chi connectivity index (χ3v) is 3.87. The van der Waals surface area contributed by atoms with Gasteiger partial charge in [0.15, 0.2) is 6.61 Å². The van der Waals surface area contributed by atoms with Crippen LogP contribution in [0.15, 0.2) is 18.2 Å². The summed E-state index contributed by atoms with van der Waals surface area (Å²) in [5.41, 5.74) is -0.529. The highest BCUT2D eigenvalue weighted by Crippen LogP contribution is 2.25. The molecular weight excluding hydrogens is 408 g/mol. The summed E-state index contributed by atoms with van der Waals surface area (Å²) in [6.45, 7) is 4.51. The molecule has 0 aliphatic heterocycles. The lowest BCUT2D eigenvalue weighted by Gasteiger charge is -2.20. The molecule has 158 valence electrons. The normalized spacial score (nSPS) is 11.3. The second kappa shape index (κ2) is 11.0. The molecule has 29 heavy (non-hydrogen) atoms. The summed E-state index contributed by atoms with van der Waals surface area (Å²) in [6.07, 6.45) is 0. The Labute approximate surface area is 171 Å². The highest BCUT2D eigenvalue weighted by Gasteiger charge is 2.27. The Morgan fingerprint density at radius 2 is 1.90 bits per heavy atom. The maximum absolute atomic E-state index is 12.4. The number of amides is 4. The fourth-order valence-electron chi connectivity index (χ4n) is 2.11. The molecule has 4 amide bonds. The number of nitro groups is 1. The Bertz CT molecular complexity index is 813. The van der Waals surface area contributed by atoms with Gasteiger partial charge in [-0.25, -0.2) is 9.59 Å². The highest BCUT2D eigenvalue weighted by molar-refractivity contribution is 6.32. The molecule has 0 aromatic heterocycles. The molecule has 11 nitrogen and oxygen atoms in total. The number of imide groups is 1. The topological polar surface area (TPSA) is 157 Å². The minimum Gasteiger partial charge on any atom is -0.454 e. The molecule has 3 N–H and O–H groups in total. The standard InChI is InChI=1S/C17H21ClN4O7/c1-4-19-17(26)20-13(23)8-29-16(25)14(9(2)3)21-15(24)10-5-6-11(18)12(7-10)22(27)28/h5-7,9,14H,4,8H2,1-3H3,(H,21,24)(H2,19,20,23,26). The number of carbonyl (C=O) groups is 4. The third kappa shape index (κ3) is 7.37. The predicted octanol–water partition coefficient (Wildman–Crippen LogP) is 1.39. The van der Waals surface area contributed by atoms with Crippen molar-refractivity contribution in [3.63, 3.8) is 0 Å². The quantitative estimate of drug-likeness (QED) is 0.320. The fourth-order valence-corrected chi connectivity index (χ4v) is 2.30. The number of urea groups is 1. The van der Waals surface area contributed by atoms with E-state index in [1.54, 1.807) is 20.8 Å². The monoisotopic (exact) mass is 428 g/mol. The second-order valence-electron chi connectivity index (χ2n) is 6.13. The number of hydrogen-bond acceptors (Lipinski definition) is 7. The van der Waals surface area contributed by atoms with Gasteiger partial charge in [-0.05, 0) is 25.0 Å². The van der Waals surface area contributed by atoms with Crippen LogP contribution in [0.4, 0.5) is 10.5 Å². The summed E-state index contributed by atoms with van der Waals surface area (Å²) in [7, 11) is 0. The molecule has 0 aliphatic carbocycles. The number of carbonyl (C=O) groups excluding carboxylic acids is 4. The zero-order valence-electron chi connectivity index (χ0n) is 16.0. The van der Waals surface area contributed by atoms with Crippen molar-refractivity contribution in [2.24, 2.45) is 5.92 Å². The average molecular weight is 429 g/mol. The number of ether oxygens (including phenoxy) is 1. The molecule has 0 aliphatic rings. The van der Waals surface area contributed by atoms with E-state index in [0.717, 1.165) is 6.07 Å². The summed E-state index contributed by atoms with van der Waals surface area (Å²) in [6, 6.07) is 1.59. The summed E-state index contributed by atoms with van der Waals surface area (Å²) >= 11 is 5.72. The van der Waals surface area contributed by atoms with Crippen molar-refractivity contribution in [2.75, 3.05) is 13.2 Å². The maximum Gasteiger partial charge on any atom is 0.329 e. The molecule has 0 heterocycles. The van der Waals surface area contributed by atoms with Gasteiger partial charge in [0.25, 0.3) is 17.5 Å². The first-order valence-corrected chi connectivity index (χ1v) is 8.93. The lowest BCUT2D eigenvalue weighted by molar-refractivity contribution is -0.384. The molecular formula is C17H21ClN4O7. The molecule has 1 unspecified atom stereocenters. The van der Waals surface area contributed by atoms with Crippen molar-refractivity contribution in [2.45, 2.75) is 26.8 Å². The van der Waals surface area contributed by atoms with Gasteiger partial charge in [0.05, 0.1) is 4.92 Å². The first-order valence-electron chi connectivity index (χ1n) is 8.55. The Hall–Kier alpha value is -3.21. The van der Waals surface area contributed by atoms with Crippen molar-refractivity contribution < 1.29 is 28.8 Å². The Morgan fingerprint density at radius 3 is 2.45 bits per heavy atom. The number of hydrogen-bond donors (Lipinski definition) is 3. The lowest BCUT2D eigenvalue weighted by Crippen LogP contribution is -2.47. The summed E-state index contributed by atoms with van der Waals surface area (Å²) in [5.74, 6) is -2.92. The number of rotatable bonds is 8. The molecule has 12 heteroatoms. The largest absolute Gasteiger partial charge is 0.454 e. The van der Waals surface area contributed by atoms with Crippen molar-refractivity contribution >= 4 is 41.1 Å².